The first-order valence-corrected chi connectivity index (χ1v) is 15.4. The first kappa shape index (κ1) is 34.2. The minimum absolute atomic E-state index is 0.122. The highest BCUT2D eigenvalue weighted by molar-refractivity contribution is 6.62. The van der Waals surface area contributed by atoms with Crippen LogP contribution in [0.1, 0.15) is 65.4 Å². The molecule has 5 rings (SSSR count). The molecule has 0 bridgehead atoms. The molecule has 2 aromatic carbocycles. The first-order valence-electron chi connectivity index (χ1n) is 15.4. The molecule has 3 N–H and O–H groups in total. The maximum atomic E-state index is 14.5. The number of halogens is 2. The molecule has 2 aliphatic rings. The average molecular weight is 652 g/mol. The molecule has 2 amide bonds. The summed E-state index contributed by atoms with van der Waals surface area (Å²) in [5.74, 6) is -2.65. The van der Waals surface area contributed by atoms with Crippen molar-refractivity contribution in [2.45, 2.75) is 83.8 Å². The molecular formula is C33H40BF2N5O6. The van der Waals surface area contributed by atoms with Gasteiger partial charge in [-0.05, 0) is 90.7 Å². The molecule has 0 spiro atoms. The molecule has 47 heavy (non-hydrogen) atoms. The van der Waals surface area contributed by atoms with Gasteiger partial charge in [0.15, 0.2) is 5.82 Å². The summed E-state index contributed by atoms with van der Waals surface area (Å²) < 4.78 is 46.9. The molecule has 2 saturated heterocycles. The van der Waals surface area contributed by atoms with E-state index in [1.54, 1.807) is 32.9 Å². The molecule has 0 radical (unpaired) electrons. The van der Waals surface area contributed by atoms with E-state index in [1.807, 2.05) is 38.7 Å². The predicted octanol–water partition coefficient (Wildman–Crippen LogP) is 4.44. The summed E-state index contributed by atoms with van der Waals surface area (Å²) in [5.41, 5.74) is -0.878. The Kier molecular flexibility index (Phi) is 9.33. The summed E-state index contributed by atoms with van der Waals surface area (Å²) in [6, 6.07) is 9.21. The van der Waals surface area contributed by atoms with Crippen molar-refractivity contribution in [3.63, 3.8) is 0 Å². The minimum atomic E-state index is -0.859. The van der Waals surface area contributed by atoms with Crippen LogP contribution in [0.25, 0.3) is 11.4 Å². The van der Waals surface area contributed by atoms with Gasteiger partial charge in [0.1, 0.15) is 22.9 Å². The largest absolute Gasteiger partial charge is 0.494 e. The van der Waals surface area contributed by atoms with Gasteiger partial charge in [-0.25, -0.2) is 23.5 Å². The Morgan fingerprint density at radius 1 is 1.09 bits per heavy atom. The zero-order valence-electron chi connectivity index (χ0n) is 27.6. The Balaban J connectivity index is 1.48. The number of hydrogen-bond acceptors (Lipinski definition) is 9. The highest BCUT2D eigenvalue weighted by Crippen LogP contribution is 2.38. The van der Waals surface area contributed by atoms with Crippen LogP contribution in [0.15, 0.2) is 48.7 Å². The van der Waals surface area contributed by atoms with Crippen LogP contribution in [0, 0.1) is 11.6 Å². The van der Waals surface area contributed by atoms with Gasteiger partial charge in [0.2, 0.25) is 0 Å². The zero-order valence-corrected chi connectivity index (χ0v) is 27.6. The van der Waals surface area contributed by atoms with Crippen LogP contribution in [-0.4, -0.2) is 76.2 Å². The molecule has 1 aromatic heterocycles. The highest BCUT2D eigenvalue weighted by atomic mass is 19.1. The molecular weight excluding hydrogens is 611 g/mol. The van der Waals surface area contributed by atoms with Crippen LogP contribution in [0.3, 0.4) is 0 Å². The number of anilines is 2. The van der Waals surface area contributed by atoms with Gasteiger partial charge in [-0.15, -0.1) is 0 Å². The number of rotatable bonds is 7. The normalized spacial score (nSPS) is 20.3. The predicted molar refractivity (Wildman–Crippen MR) is 173 cm³/mol. The van der Waals surface area contributed by atoms with Crippen LogP contribution in [0.2, 0.25) is 0 Å². The molecule has 0 unspecified atom stereocenters. The Bertz CT molecular complexity index is 1630. The van der Waals surface area contributed by atoms with Gasteiger partial charge >= 0.3 is 13.2 Å². The third kappa shape index (κ3) is 7.39. The summed E-state index contributed by atoms with van der Waals surface area (Å²) in [6.07, 6.45) is 1.08. The van der Waals surface area contributed by atoms with E-state index in [-0.39, 0.29) is 24.2 Å². The fourth-order valence-electron chi connectivity index (χ4n) is 5.48. The monoisotopic (exact) mass is 651 g/mol. The zero-order chi connectivity index (χ0) is 34.3. The van der Waals surface area contributed by atoms with Crippen LogP contribution < -0.4 is 21.0 Å². The molecule has 3 heterocycles. The molecule has 250 valence electrons. The van der Waals surface area contributed by atoms with E-state index in [4.69, 9.17) is 14.0 Å². The SMILES string of the molecule is CC(C)(C)OC(=O)N[C@H]1C[C@@H](CO)N(c2cc(B3OC(C)(C)C(C)(C)O3)ccc2NC(=O)c2ccnc(-c3c(F)cccc3F)n2)C1. The number of carbonyl (C=O) groups excluding carboxylic acids is 2. The summed E-state index contributed by atoms with van der Waals surface area (Å²) in [7, 11) is -0.713. The summed E-state index contributed by atoms with van der Waals surface area (Å²) in [5, 5.41) is 16.1. The van der Waals surface area contributed by atoms with Crippen molar-refractivity contribution < 1.29 is 37.5 Å². The Morgan fingerprint density at radius 2 is 1.74 bits per heavy atom. The maximum absolute atomic E-state index is 14.5. The van der Waals surface area contributed by atoms with Crippen LogP contribution in [0.4, 0.5) is 25.0 Å². The van der Waals surface area contributed by atoms with Gasteiger partial charge < -0.3 is 34.7 Å². The van der Waals surface area contributed by atoms with E-state index in [0.29, 0.717) is 29.8 Å². The van der Waals surface area contributed by atoms with Gasteiger partial charge in [0.05, 0.1) is 46.8 Å². The lowest BCUT2D eigenvalue weighted by molar-refractivity contribution is 0.00578. The van der Waals surface area contributed by atoms with Gasteiger partial charge in [-0.1, -0.05) is 12.1 Å². The number of amides is 2. The smallest absolute Gasteiger partial charge is 0.444 e. The van der Waals surface area contributed by atoms with Crippen LogP contribution >= 0.6 is 0 Å². The molecule has 0 saturated carbocycles. The van der Waals surface area contributed by atoms with E-state index in [9.17, 15) is 23.5 Å². The van der Waals surface area contributed by atoms with Crippen LogP contribution in [-0.2, 0) is 14.0 Å². The van der Waals surface area contributed by atoms with Crippen LogP contribution in [0.5, 0.6) is 0 Å². The van der Waals surface area contributed by atoms with E-state index >= 15 is 0 Å². The van der Waals surface area contributed by atoms with E-state index in [1.165, 1.54) is 18.3 Å². The number of aromatic nitrogens is 2. The average Bonchev–Trinajstić information content (AvgIpc) is 3.47. The number of aliphatic hydroxyl groups excluding tert-OH is 1. The second-order valence-corrected chi connectivity index (χ2v) is 13.7. The number of nitrogens with zero attached hydrogens (tertiary/aromatic N) is 3. The standard InChI is InChI=1S/C33H40BF2N5O6/c1-31(2,3)45-30(44)38-20-16-21(18-42)41(17-20)26-15-19(34-46-32(4,5)33(6,7)47-34)11-12-24(26)40-29(43)25-13-14-37-28(39-25)27-22(35)9-8-10-23(27)36/h8-15,20-21,42H,16-18H2,1-7H3,(H,38,44)(H,40,43)/t20-,21-/m0/s1. The fraction of sp³-hybridized carbons (Fsp3) is 0.455. The van der Waals surface area contributed by atoms with Gasteiger partial charge in [0.25, 0.3) is 5.91 Å². The van der Waals surface area contributed by atoms with Crippen molar-refractivity contribution in [1.29, 1.82) is 0 Å². The third-order valence-corrected chi connectivity index (χ3v) is 8.53. The van der Waals surface area contributed by atoms with Gasteiger partial charge in [-0.2, -0.15) is 0 Å². The van der Waals surface area contributed by atoms with Crippen molar-refractivity contribution in [1.82, 2.24) is 15.3 Å². The third-order valence-electron chi connectivity index (χ3n) is 8.53. The molecule has 11 nitrogen and oxygen atoms in total. The van der Waals surface area contributed by atoms with E-state index < -0.39 is 59.2 Å². The maximum Gasteiger partial charge on any atom is 0.494 e. The van der Waals surface area contributed by atoms with Crippen molar-refractivity contribution in [2.24, 2.45) is 0 Å². The molecule has 2 fully saturated rings. The van der Waals surface area contributed by atoms with Gasteiger partial charge in [0, 0.05) is 12.7 Å². The quantitative estimate of drug-likeness (QED) is 0.317. The van der Waals surface area contributed by atoms with Gasteiger partial charge in [-0.3, -0.25) is 4.79 Å². The summed E-state index contributed by atoms with van der Waals surface area (Å²) in [4.78, 5) is 36.2. The molecule has 14 heteroatoms. The number of aliphatic hydroxyl groups is 1. The fourth-order valence-corrected chi connectivity index (χ4v) is 5.48. The lowest BCUT2D eigenvalue weighted by atomic mass is 9.78. The number of ether oxygens (including phenoxy) is 1. The topological polar surface area (TPSA) is 135 Å². The second-order valence-electron chi connectivity index (χ2n) is 13.7. The number of benzene rings is 2. The summed E-state index contributed by atoms with van der Waals surface area (Å²) >= 11 is 0. The van der Waals surface area contributed by atoms with Crippen molar-refractivity contribution >= 4 is 36.0 Å². The van der Waals surface area contributed by atoms with Crippen molar-refractivity contribution in [3.05, 3.63) is 66.0 Å². The minimum Gasteiger partial charge on any atom is -0.444 e. The van der Waals surface area contributed by atoms with Crippen molar-refractivity contribution in [3.8, 4) is 11.4 Å². The number of hydrogen-bond donors (Lipinski definition) is 3. The number of alkyl carbamates (subject to hydrolysis) is 1. The lowest BCUT2D eigenvalue weighted by Gasteiger charge is -2.32. The van der Waals surface area contributed by atoms with E-state index in [2.05, 4.69) is 20.6 Å². The lowest BCUT2D eigenvalue weighted by Crippen LogP contribution is -2.41. The Morgan fingerprint density at radius 3 is 2.36 bits per heavy atom. The van der Waals surface area contributed by atoms with Crippen molar-refractivity contribution in [2.75, 3.05) is 23.4 Å². The number of nitrogens with one attached hydrogen (secondary N) is 2. The highest BCUT2D eigenvalue weighted by Gasteiger charge is 2.52. The Hall–Kier alpha value is -4.14. The molecule has 0 aliphatic carbocycles. The summed E-state index contributed by atoms with van der Waals surface area (Å²) in [6.45, 7) is 13.2. The molecule has 2 aliphatic heterocycles. The first-order chi connectivity index (χ1) is 22.0. The Labute approximate surface area is 273 Å². The number of carbonyl (C=O) groups is 2. The molecule has 2 atom stereocenters. The second kappa shape index (κ2) is 12.8. The molecule has 3 aromatic rings. The van der Waals surface area contributed by atoms with E-state index in [0.717, 1.165) is 12.1 Å².